The quantitative estimate of drug-likeness (QED) is 0.346. The van der Waals surface area contributed by atoms with Gasteiger partial charge < -0.3 is 16.0 Å². The molecule has 0 fully saturated rings. The minimum absolute atomic E-state index is 0.162. The highest BCUT2D eigenvalue weighted by Crippen LogP contribution is 2.05. The molecule has 0 aromatic rings. The Bertz CT molecular complexity index is 297. The van der Waals surface area contributed by atoms with Gasteiger partial charge in [-0.05, 0) is 54.9 Å². The highest BCUT2D eigenvalue weighted by molar-refractivity contribution is 5.79. The molecule has 0 spiro atoms. The lowest BCUT2D eigenvalue weighted by Crippen LogP contribution is -2.45. The molecule has 0 amide bonds. The van der Waals surface area contributed by atoms with Gasteiger partial charge in [0.15, 0.2) is 5.96 Å². The summed E-state index contributed by atoms with van der Waals surface area (Å²) in [6.45, 7) is 19.4. The van der Waals surface area contributed by atoms with Gasteiger partial charge >= 0.3 is 0 Å². The lowest BCUT2D eigenvalue weighted by molar-refractivity contribution is 0.173. The van der Waals surface area contributed by atoms with E-state index < -0.39 is 0 Å². The fraction of sp³-hybridized carbons (Fsp3) is 0.941. The minimum Gasteiger partial charge on any atom is -0.356 e. The van der Waals surface area contributed by atoms with E-state index in [0.29, 0.717) is 12.1 Å². The van der Waals surface area contributed by atoms with Crippen molar-refractivity contribution in [2.24, 2.45) is 4.99 Å². The maximum Gasteiger partial charge on any atom is 0.191 e. The molecule has 0 aliphatic rings. The average molecular weight is 314 g/mol. The van der Waals surface area contributed by atoms with E-state index in [1.807, 2.05) is 7.05 Å². The van der Waals surface area contributed by atoms with Crippen molar-refractivity contribution in [3.05, 3.63) is 0 Å². The molecule has 0 saturated heterocycles. The van der Waals surface area contributed by atoms with E-state index in [0.717, 1.165) is 38.6 Å². The van der Waals surface area contributed by atoms with Crippen LogP contribution in [0.2, 0.25) is 0 Å². The van der Waals surface area contributed by atoms with Crippen molar-refractivity contribution in [2.45, 2.75) is 72.5 Å². The van der Waals surface area contributed by atoms with E-state index in [4.69, 9.17) is 0 Å². The van der Waals surface area contributed by atoms with Gasteiger partial charge in [0.1, 0.15) is 0 Å². The van der Waals surface area contributed by atoms with Gasteiger partial charge in [-0.15, -0.1) is 0 Å². The zero-order chi connectivity index (χ0) is 17.2. The lowest BCUT2D eigenvalue weighted by atomic mass is 10.1. The minimum atomic E-state index is 0.162. The van der Waals surface area contributed by atoms with E-state index in [1.54, 1.807) is 0 Å². The first kappa shape index (κ1) is 21.2. The number of guanidine groups is 1. The Morgan fingerprint density at radius 2 is 1.50 bits per heavy atom. The molecule has 5 heteroatoms. The van der Waals surface area contributed by atoms with Crippen LogP contribution in [0.15, 0.2) is 4.99 Å². The fourth-order valence-corrected chi connectivity index (χ4v) is 2.42. The molecule has 0 heterocycles. The topological polar surface area (TPSA) is 51.7 Å². The number of rotatable bonds is 9. The van der Waals surface area contributed by atoms with Crippen molar-refractivity contribution in [3.8, 4) is 0 Å². The highest BCUT2D eigenvalue weighted by Gasteiger charge is 2.12. The molecule has 0 atom stereocenters. The van der Waals surface area contributed by atoms with Gasteiger partial charge in [-0.1, -0.05) is 0 Å². The fourth-order valence-electron chi connectivity index (χ4n) is 2.42. The molecule has 5 nitrogen and oxygen atoms in total. The van der Waals surface area contributed by atoms with Gasteiger partial charge in [0.25, 0.3) is 0 Å². The van der Waals surface area contributed by atoms with Gasteiger partial charge in [0.05, 0.1) is 0 Å². The van der Waals surface area contributed by atoms with Crippen LogP contribution in [0.3, 0.4) is 0 Å². The van der Waals surface area contributed by atoms with Crippen LogP contribution in [0.4, 0.5) is 0 Å². The number of nitrogens with zero attached hydrogens (tertiary/aromatic N) is 2. The van der Waals surface area contributed by atoms with E-state index in [9.17, 15) is 0 Å². The van der Waals surface area contributed by atoms with Crippen molar-refractivity contribution in [1.29, 1.82) is 0 Å². The summed E-state index contributed by atoms with van der Waals surface area (Å²) in [5.41, 5.74) is 0.162. The third-order valence-corrected chi connectivity index (χ3v) is 3.51. The third-order valence-electron chi connectivity index (χ3n) is 3.51. The first-order valence-corrected chi connectivity index (χ1v) is 8.62. The summed E-state index contributed by atoms with van der Waals surface area (Å²) in [5.74, 6) is 0.886. The van der Waals surface area contributed by atoms with Crippen LogP contribution in [0, 0.1) is 0 Å². The van der Waals surface area contributed by atoms with Crippen molar-refractivity contribution in [3.63, 3.8) is 0 Å². The number of hydrogen-bond acceptors (Lipinski definition) is 3. The highest BCUT2D eigenvalue weighted by atomic mass is 15.2. The monoisotopic (exact) mass is 313 g/mol. The van der Waals surface area contributed by atoms with Crippen LogP contribution < -0.4 is 16.0 Å². The average Bonchev–Trinajstić information content (AvgIpc) is 2.38. The molecule has 0 unspecified atom stereocenters. The second-order valence-electron chi connectivity index (χ2n) is 7.38. The van der Waals surface area contributed by atoms with Crippen LogP contribution in [-0.4, -0.2) is 61.7 Å². The van der Waals surface area contributed by atoms with Gasteiger partial charge in [-0.2, -0.15) is 0 Å². The van der Waals surface area contributed by atoms with Crippen LogP contribution in [0.5, 0.6) is 0 Å². The summed E-state index contributed by atoms with van der Waals surface area (Å²) >= 11 is 0. The van der Waals surface area contributed by atoms with Gasteiger partial charge in [0.2, 0.25) is 0 Å². The standard InChI is InChI=1S/C17H39N5/c1-14(2)22(15(3)4)13-9-10-19-16(18-8)20-11-12-21-17(5,6)7/h14-15,21H,9-13H2,1-8H3,(H2,18,19,20). The second-order valence-corrected chi connectivity index (χ2v) is 7.38. The molecule has 0 aromatic carbocycles. The van der Waals surface area contributed by atoms with E-state index in [2.05, 4.69) is 74.3 Å². The van der Waals surface area contributed by atoms with Crippen molar-refractivity contribution < 1.29 is 0 Å². The first-order chi connectivity index (χ1) is 10.2. The van der Waals surface area contributed by atoms with Gasteiger partial charge in [0, 0.05) is 50.8 Å². The summed E-state index contributed by atoms with van der Waals surface area (Å²) in [7, 11) is 1.82. The van der Waals surface area contributed by atoms with Crippen LogP contribution in [0.25, 0.3) is 0 Å². The van der Waals surface area contributed by atoms with Crippen molar-refractivity contribution in [2.75, 3.05) is 33.2 Å². The molecule has 0 bridgehead atoms. The predicted molar refractivity (Wildman–Crippen MR) is 98.7 cm³/mol. The SMILES string of the molecule is CN=C(NCCCN(C(C)C)C(C)C)NCCNC(C)(C)C. The Kier molecular flexibility index (Phi) is 10.4. The smallest absolute Gasteiger partial charge is 0.191 e. The molecule has 132 valence electrons. The molecule has 22 heavy (non-hydrogen) atoms. The molecule has 0 radical (unpaired) electrons. The number of aliphatic imine (C=N–C) groups is 1. The number of hydrogen-bond donors (Lipinski definition) is 3. The summed E-state index contributed by atoms with van der Waals surface area (Å²) in [5, 5.41) is 10.2. The van der Waals surface area contributed by atoms with E-state index in [-0.39, 0.29) is 5.54 Å². The predicted octanol–water partition coefficient (Wildman–Crippen LogP) is 2.05. The molecule has 0 saturated carbocycles. The van der Waals surface area contributed by atoms with E-state index in [1.165, 1.54) is 0 Å². The largest absolute Gasteiger partial charge is 0.356 e. The summed E-state index contributed by atoms with van der Waals surface area (Å²) < 4.78 is 0. The lowest BCUT2D eigenvalue weighted by Gasteiger charge is -2.30. The zero-order valence-electron chi connectivity index (χ0n) is 16.1. The molecule has 0 aliphatic carbocycles. The normalized spacial score (nSPS) is 13.3. The van der Waals surface area contributed by atoms with Crippen LogP contribution in [-0.2, 0) is 0 Å². The zero-order valence-corrected chi connectivity index (χ0v) is 16.1. The van der Waals surface area contributed by atoms with Crippen molar-refractivity contribution >= 4 is 5.96 Å². The van der Waals surface area contributed by atoms with Crippen LogP contribution >= 0.6 is 0 Å². The van der Waals surface area contributed by atoms with Gasteiger partial charge in [-0.25, -0.2) is 0 Å². The van der Waals surface area contributed by atoms with Crippen LogP contribution in [0.1, 0.15) is 54.9 Å². The molecular formula is C17H39N5. The molecule has 0 aliphatic heterocycles. The molecule has 0 aromatic heterocycles. The Balaban J connectivity index is 3.87. The summed E-state index contributed by atoms with van der Waals surface area (Å²) in [4.78, 5) is 6.78. The second kappa shape index (κ2) is 10.8. The van der Waals surface area contributed by atoms with Crippen molar-refractivity contribution in [1.82, 2.24) is 20.9 Å². The Morgan fingerprint density at radius 1 is 0.955 bits per heavy atom. The maximum atomic E-state index is 4.26. The third kappa shape index (κ3) is 10.9. The summed E-state index contributed by atoms with van der Waals surface area (Å²) in [6, 6.07) is 1.20. The molecule has 3 N–H and O–H groups in total. The molecular weight excluding hydrogens is 274 g/mol. The number of nitrogens with one attached hydrogen (secondary N) is 3. The first-order valence-electron chi connectivity index (χ1n) is 8.62. The summed E-state index contributed by atoms with van der Waals surface area (Å²) in [6.07, 6.45) is 1.12. The Morgan fingerprint density at radius 3 is 1.95 bits per heavy atom. The molecule has 0 rings (SSSR count). The maximum absolute atomic E-state index is 4.26. The van der Waals surface area contributed by atoms with E-state index >= 15 is 0 Å². The Hall–Kier alpha value is -0.810. The van der Waals surface area contributed by atoms with Gasteiger partial charge in [-0.3, -0.25) is 9.89 Å². The Labute approximate surface area is 138 Å².